The lowest BCUT2D eigenvalue weighted by Gasteiger charge is -2.16. The van der Waals surface area contributed by atoms with Crippen molar-refractivity contribution in [2.24, 2.45) is 11.7 Å². The molecule has 112 valence electrons. The highest BCUT2D eigenvalue weighted by Crippen LogP contribution is 2.28. The van der Waals surface area contributed by atoms with Gasteiger partial charge in [0.2, 0.25) is 11.7 Å². The van der Waals surface area contributed by atoms with E-state index in [1.54, 1.807) is 6.07 Å². The number of nitrogens with zero attached hydrogens (tertiary/aromatic N) is 2. The molecule has 2 N–H and O–H groups in total. The first-order valence-electron chi connectivity index (χ1n) is 7.16. The minimum absolute atomic E-state index is 0.0556. The summed E-state index contributed by atoms with van der Waals surface area (Å²) < 4.78 is 19.3. The Bertz CT molecular complexity index is 605. The van der Waals surface area contributed by atoms with Crippen molar-refractivity contribution in [1.82, 2.24) is 10.1 Å². The van der Waals surface area contributed by atoms with E-state index in [0.29, 0.717) is 34.1 Å². The Balaban J connectivity index is 1.73. The molecule has 1 aliphatic rings. The quantitative estimate of drug-likeness (QED) is 0.909. The van der Waals surface area contributed by atoms with Gasteiger partial charge in [-0.25, -0.2) is 4.39 Å². The predicted molar refractivity (Wildman–Crippen MR) is 81.0 cm³/mol. The lowest BCUT2D eigenvalue weighted by Crippen LogP contribution is -2.30. The molecule has 1 aromatic heterocycles. The molecular weight excluding hydrogens is 337 g/mol. The Hall–Kier alpha value is -1.27. The van der Waals surface area contributed by atoms with Gasteiger partial charge in [-0.15, -0.1) is 0 Å². The summed E-state index contributed by atoms with van der Waals surface area (Å²) in [6.07, 6.45) is 5.45. The maximum Gasteiger partial charge on any atom is 0.228 e. The van der Waals surface area contributed by atoms with Gasteiger partial charge < -0.3 is 10.3 Å². The van der Waals surface area contributed by atoms with Gasteiger partial charge in [-0.05, 0) is 37.0 Å². The van der Waals surface area contributed by atoms with Crippen LogP contribution in [-0.2, 0) is 6.42 Å². The molecule has 1 saturated carbocycles. The SMILES string of the molecule is NC(Cc1nc(-c2cc(F)cc(Br)c2)no1)C1CCCC1. The Labute approximate surface area is 131 Å². The van der Waals surface area contributed by atoms with Crippen molar-refractivity contribution < 1.29 is 8.91 Å². The zero-order valence-electron chi connectivity index (χ0n) is 11.6. The van der Waals surface area contributed by atoms with E-state index in [2.05, 4.69) is 26.1 Å². The molecular formula is C15H17BrFN3O. The van der Waals surface area contributed by atoms with Gasteiger partial charge in [0.1, 0.15) is 5.82 Å². The van der Waals surface area contributed by atoms with E-state index in [9.17, 15) is 4.39 Å². The third-order valence-corrected chi connectivity index (χ3v) is 4.46. The van der Waals surface area contributed by atoms with Gasteiger partial charge in [-0.1, -0.05) is 33.9 Å². The first-order chi connectivity index (χ1) is 10.1. The lowest BCUT2D eigenvalue weighted by atomic mass is 9.96. The number of benzene rings is 1. The largest absolute Gasteiger partial charge is 0.339 e. The van der Waals surface area contributed by atoms with Crippen LogP contribution in [-0.4, -0.2) is 16.2 Å². The van der Waals surface area contributed by atoms with Crippen LogP contribution < -0.4 is 5.73 Å². The summed E-state index contributed by atoms with van der Waals surface area (Å²) in [5.74, 6) is 1.12. The molecule has 6 heteroatoms. The Morgan fingerprint density at radius 1 is 1.33 bits per heavy atom. The number of halogens is 2. The number of hydrogen-bond donors (Lipinski definition) is 1. The van der Waals surface area contributed by atoms with Gasteiger partial charge in [0.15, 0.2) is 0 Å². The van der Waals surface area contributed by atoms with Gasteiger partial charge >= 0.3 is 0 Å². The lowest BCUT2D eigenvalue weighted by molar-refractivity contribution is 0.341. The van der Waals surface area contributed by atoms with E-state index in [-0.39, 0.29) is 11.9 Å². The van der Waals surface area contributed by atoms with Crippen LogP contribution in [0.5, 0.6) is 0 Å². The van der Waals surface area contributed by atoms with Crippen molar-refractivity contribution in [3.8, 4) is 11.4 Å². The van der Waals surface area contributed by atoms with Crippen molar-refractivity contribution in [2.75, 3.05) is 0 Å². The normalized spacial score (nSPS) is 17.3. The fraction of sp³-hybridized carbons (Fsp3) is 0.467. The van der Waals surface area contributed by atoms with Crippen LogP contribution in [0.3, 0.4) is 0 Å². The number of hydrogen-bond acceptors (Lipinski definition) is 4. The monoisotopic (exact) mass is 353 g/mol. The molecule has 2 aromatic rings. The predicted octanol–water partition coefficient (Wildman–Crippen LogP) is 3.70. The number of aromatic nitrogens is 2. The molecule has 0 radical (unpaired) electrons. The molecule has 0 saturated heterocycles. The molecule has 21 heavy (non-hydrogen) atoms. The summed E-state index contributed by atoms with van der Waals surface area (Å²) in [7, 11) is 0. The summed E-state index contributed by atoms with van der Waals surface area (Å²) in [5, 5.41) is 3.92. The highest BCUT2D eigenvalue weighted by Gasteiger charge is 2.24. The summed E-state index contributed by atoms with van der Waals surface area (Å²) >= 11 is 3.26. The van der Waals surface area contributed by atoms with Crippen LogP contribution in [0.15, 0.2) is 27.2 Å². The molecule has 0 aliphatic heterocycles. The van der Waals surface area contributed by atoms with E-state index in [1.807, 2.05) is 0 Å². The van der Waals surface area contributed by atoms with Gasteiger partial charge in [-0.2, -0.15) is 4.98 Å². The minimum atomic E-state index is -0.339. The summed E-state index contributed by atoms with van der Waals surface area (Å²) in [5.41, 5.74) is 6.80. The second kappa shape index (κ2) is 6.23. The molecule has 4 nitrogen and oxygen atoms in total. The van der Waals surface area contributed by atoms with Crippen molar-refractivity contribution in [3.63, 3.8) is 0 Å². The maximum atomic E-state index is 13.4. The smallest absolute Gasteiger partial charge is 0.228 e. The van der Waals surface area contributed by atoms with Gasteiger partial charge in [0.25, 0.3) is 0 Å². The molecule has 1 aromatic carbocycles. The molecule has 0 bridgehead atoms. The van der Waals surface area contributed by atoms with Crippen LogP contribution >= 0.6 is 15.9 Å². The highest BCUT2D eigenvalue weighted by molar-refractivity contribution is 9.10. The van der Waals surface area contributed by atoms with Crippen molar-refractivity contribution >= 4 is 15.9 Å². The summed E-state index contributed by atoms with van der Waals surface area (Å²) in [6, 6.07) is 4.59. The second-order valence-corrected chi connectivity index (χ2v) is 6.50. The van der Waals surface area contributed by atoms with Crippen LogP contribution in [0.4, 0.5) is 4.39 Å². The first-order valence-corrected chi connectivity index (χ1v) is 7.96. The fourth-order valence-electron chi connectivity index (χ4n) is 2.89. The standard InChI is InChI=1S/C15H17BrFN3O/c16-11-5-10(6-12(17)7-11)15-19-14(21-20-15)8-13(18)9-3-1-2-4-9/h5-7,9,13H,1-4,8,18H2. The molecule has 1 heterocycles. The topological polar surface area (TPSA) is 64.9 Å². The van der Waals surface area contributed by atoms with Crippen LogP contribution in [0.1, 0.15) is 31.6 Å². The van der Waals surface area contributed by atoms with E-state index in [4.69, 9.17) is 10.3 Å². The molecule has 1 atom stereocenters. The van der Waals surface area contributed by atoms with Crippen LogP contribution in [0.2, 0.25) is 0 Å². The fourth-order valence-corrected chi connectivity index (χ4v) is 3.36. The third kappa shape index (κ3) is 3.49. The molecule has 1 fully saturated rings. The Morgan fingerprint density at radius 3 is 2.81 bits per heavy atom. The van der Waals surface area contributed by atoms with E-state index >= 15 is 0 Å². The van der Waals surface area contributed by atoms with Gasteiger partial charge in [0.05, 0.1) is 0 Å². The minimum Gasteiger partial charge on any atom is -0.339 e. The average molecular weight is 354 g/mol. The van der Waals surface area contributed by atoms with E-state index in [1.165, 1.54) is 37.8 Å². The van der Waals surface area contributed by atoms with Crippen molar-refractivity contribution in [3.05, 3.63) is 34.4 Å². The number of nitrogens with two attached hydrogens (primary N) is 1. The summed E-state index contributed by atoms with van der Waals surface area (Å²) in [6.45, 7) is 0. The maximum absolute atomic E-state index is 13.4. The van der Waals surface area contributed by atoms with E-state index < -0.39 is 0 Å². The highest BCUT2D eigenvalue weighted by atomic mass is 79.9. The first kappa shape index (κ1) is 14.7. The Kier molecular flexibility index (Phi) is 4.35. The molecule has 1 aliphatic carbocycles. The second-order valence-electron chi connectivity index (χ2n) is 5.58. The van der Waals surface area contributed by atoms with Crippen LogP contribution in [0.25, 0.3) is 11.4 Å². The van der Waals surface area contributed by atoms with E-state index in [0.717, 1.165) is 0 Å². The third-order valence-electron chi connectivity index (χ3n) is 4.00. The zero-order chi connectivity index (χ0) is 14.8. The molecule has 1 unspecified atom stereocenters. The van der Waals surface area contributed by atoms with Crippen molar-refractivity contribution in [2.45, 2.75) is 38.1 Å². The molecule has 3 rings (SSSR count). The number of rotatable bonds is 4. The molecule has 0 spiro atoms. The van der Waals surface area contributed by atoms with Crippen molar-refractivity contribution in [1.29, 1.82) is 0 Å². The zero-order valence-corrected chi connectivity index (χ0v) is 13.1. The van der Waals surface area contributed by atoms with Crippen LogP contribution in [0, 0.1) is 11.7 Å². The average Bonchev–Trinajstić information content (AvgIpc) is 3.08. The van der Waals surface area contributed by atoms with Gasteiger partial charge in [0, 0.05) is 22.5 Å². The van der Waals surface area contributed by atoms with Gasteiger partial charge in [-0.3, -0.25) is 0 Å². The Morgan fingerprint density at radius 2 is 2.10 bits per heavy atom. The molecule has 0 amide bonds. The summed E-state index contributed by atoms with van der Waals surface area (Å²) in [4.78, 5) is 4.33.